The summed E-state index contributed by atoms with van der Waals surface area (Å²) in [5, 5.41) is 4.08. The van der Waals surface area contributed by atoms with E-state index in [0.717, 1.165) is 46.5 Å². The summed E-state index contributed by atoms with van der Waals surface area (Å²) in [6.07, 6.45) is 0. The lowest BCUT2D eigenvalue weighted by Gasteiger charge is -2.35. The Morgan fingerprint density at radius 2 is 1.87 bits per heavy atom. The smallest absolute Gasteiger partial charge is 0.287 e. The van der Waals surface area contributed by atoms with E-state index < -0.39 is 0 Å². The summed E-state index contributed by atoms with van der Waals surface area (Å²) in [5.41, 5.74) is 3.89. The number of morpholine rings is 1. The number of nitrogens with zero attached hydrogens (tertiary/aromatic N) is 1. The topological polar surface area (TPSA) is 63.9 Å². The molecule has 0 radical (unpaired) electrons. The molecule has 0 spiro atoms. The lowest BCUT2D eigenvalue weighted by atomic mass is 10.0. The fraction of sp³-hybridized carbons (Fsp3) is 0.375. The van der Waals surface area contributed by atoms with Crippen LogP contribution in [0, 0.1) is 13.8 Å². The van der Waals surface area contributed by atoms with Gasteiger partial charge in [0.25, 0.3) is 5.91 Å². The van der Waals surface area contributed by atoms with Crippen molar-refractivity contribution in [1.29, 1.82) is 0 Å². The van der Waals surface area contributed by atoms with Gasteiger partial charge in [-0.05, 0) is 43.7 Å². The largest absolute Gasteiger partial charge is 0.497 e. The van der Waals surface area contributed by atoms with E-state index >= 15 is 0 Å². The van der Waals surface area contributed by atoms with E-state index in [2.05, 4.69) is 28.4 Å². The Bertz CT molecular complexity index is 1020. The van der Waals surface area contributed by atoms with Crippen LogP contribution in [-0.4, -0.2) is 50.8 Å². The summed E-state index contributed by atoms with van der Waals surface area (Å²) in [6, 6.07) is 14.0. The van der Waals surface area contributed by atoms with Crippen molar-refractivity contribution in [3.63, 3.8) is 0 Å². The summed E-state index contributed by atoms with van der Waals surface area (Å²) in [7, 11) is 1.66. The fourth-order valence-corrected chi connectivity index (χ4v) is 3.99. The third-order valence-electron chi connectivity index (χ3n) is 5.74. The quantitative estimate of drug-likeness (QED) is 0.671. The second-order valence-electron chi connectivity index (χ2n) is 7.70. The highest BCUT2D eigenvalue weighted by Crippen LogP contribution is 2.27. The van der Waals surface area contributed by atoms with Gasteiger partial charge in [0.1, 0.15) is 11.3 Å². The molecule has 4 rings (SSSR count). The molecule has 0 saturated carbocycles. The number of fused-ring (bicyclic) bond motifs is 1. The van der Waals surface area contributed by atoms with Crippen molar-refractivity contribution in [1.82, 2.24) is 10.2 Å². The molecule has 1 atom stereocenters. The minimum absolute atomic E-state index is 0.0516. The molecule has 6 nitrogen and oxygen atoms in total. The third-order valence-corrected chi connectivity index (χ3v) is 5.74. The zero-order valence-electron chi connectivity index (χ0n) is 17.7. The Morgan fingerprint density at radius 1 is 1.13 bits per heavy atom. The SMILES string of the molecule is COc1ccc([C@H](CNC(=O)c2oc3ccc(C)cc3c2C)N2CCOCC2)cc1. The summed E-state index contributed by atoms with van der Waals surface area (Å²) >= 11 is 0. The maximum Gasteiger partial charge on any atom is 0.287 e. The van der Waals surface area contributed by atoms with E-state index in [1.807, 2.05) is 38.1 Å². The Kier molecular flexibility index (Phi) is 6.06. The number of methoxy groups -OCH3 is 1. The number of hydrogen-bond donors (Lipinski definition) is 1. The van der Waals surface area contributed by atoms with Crippen molar-refractivity contribution in [2.24, 2.45) is 0 Å². The molecule has 30 heavy (non-hydrogen) atoms. The molecule has 0 aliphatic carbocycles. The van der Waals surface area contributed by atoms with Crippen LogP contribution in [0.3, 0.4) is 0 Å². The van der Waals surface area contributed by atoms with Crippen molar-refractivity contribution >= 4 is 16.9 Å². The van der Waals surface area contributed by atoms with Gasteiger partial charge in [-0.25, -0.2) is 0 Å². The molecular formula is C24H28N2O4. The van der Waals surface area contributed by atoms with Crippen molar-refractivity contribution in [3.8, 4) is 5.75 Å². The van der Waals surface area contributed by atoms with E-state index in [-0.39, 0.29) is 11.9 Å². The van der Waals surface area contributed by atoms with Gasteiger partial charge >= 0.3 is 0 Å². The number of hydrogen-bond acceptors (Lipinski definition) is 5. The Balaban J connectivity index is 1.54. The van der Waals surface area contributed by atoms with E-state index in [1.165, 1.54) is 0 Å². The maximum atomic E-state index is 13.0. The second-order valence-corrected chi connectivity index (χ2v) is 7.70. The van der Waals surface area contributed by atoms with Crippen LogP contribution >= 0.6 is 0 Å². The first kappa shape index (κ1) is 20.4. The number of carbonyl (C=O) groups excluding carboxylic acids is 1. The summed E-state index contributed by atoms with van der Waals surface area (Å²) in [6.45, 7) is 7.51. The first-order chi connectivity index (χ1) is 14.6. The second kappa shape index (κ2) is 8.90. The average Bonchev–Trinajstić information content (AvgIpc) is 3.11. The molecule has 158 valence electrons. The van der Waals surface area contributed by atoms with Gasteiger partial charge in [-0.15, -0.1) is 0 Å². The number of nitrogens with one attached hydrogen (secondary N) is 1. The molecule has 1 N–H and O–H groups in total. The zero-order valence-corrected chi connectivity index (χ0v) is 17.7. The van der Waals surface area contributed by atoms with Crippen LogP contribution in [0.4, 0.5) is 0 Å². The van der Waals surface area contributed by atoms with Crippen LogP contribution < -0.4 is 10.1 Å². The van der Waals surface area contributed by atoms with E-state index in [4.69, 9.17) is 13.9 Å². The monoisotopic (exact) mass is 408 g/mol. The first-order valence-corrected chi connectivity index (χ1v) is 10.3. The van der Waals surface area contributed by atoms with Gasteiger partial charge in [0.2, 0.25) is 0 Å². The molecule has 1 aliphatic heterocycles. The number of benzene rings is 2. The molecule has 2 aromatic carbocycles. The third kappa shape index (κ3) is 4.20. The molecule has 2 heterocycles. The summed E-state index contributed by atoms with van der Waals surface area (Å²) < 4.78 is 16.7. The van der Waals surface area contributed by atoms with Gasteiger partial charge in [0.05, 0.1) is 26.4 Å². The Hall–Kier alpha value is -2.83. The Morgan fingerprint density at radius 3 is 2.57 bits per heavy atom. The van der Waals surface area contributed by atoms with Crippen LogP contribution in [0.25, 0.3) is 11.0 Å². The first-order valence-electron chi connectivity index (χ1n) is 10.3. The van der Waals surface area contributed by atoms with Crippen LogP contribution in [0.1, 0.15) is 33.3 Å². The van der Waals surface area contributed by atoms with Crippen molar-refractivity contribution < 1.29 is 18.7 Å². The number of rotatable bonds is 6. The average molecular weight is 408 g/mol. The van der Waals surface area contributed by atoms with Gasteiger partial charge < -0.3 is 19.2 Å². The fourth-order valence-electron chi connectivity index (χ4n) is 3.99. The number of amides is 1. The molecule has 1 aliphatic rings. The molecule has 0 bridgehead atoms. The van der Waals surface area contributed by atoms with Crippen LogP contribution in [0.15, 0.2) is 46.9 Å². The Labute approximate surface area is 176 Å². The summed E-state index contributed by atoms with van der Waals surface area (Å²) in [4.78, 5) is 15.3. The normalized spacial score (nSPS) is 15.8. The van der Waals surface area contributed by atoms with Crippen LogP contribution in [0.2, 0.25) is 0 Å². The summed E-state index contributed by atoms with van der Waals surface area (Å²) in [5.74, 6) is 1.01. The van der Waals surface area contributed by atoms with Crippen molar-refractivity contribution in [2.75, 3.05) is 40.0 Å². The maximum absolute atomic E-state index is 13.0. The highest BCUT2D eigenvalue weighted by Gasteiger charge is 2.25. The van der Waals surface area contributed by atoms with Crippen LogP contribution in [0.5, 0.6) is 5.75 Å². The minimum Gasteiger partial charge on any atom is -0.497 e. The molecule has 1 fully saturated rings. The molecular weight excluding hydrogens is 380 g/mol. The van der Waals surface area contributed by atoms with Gasteiger partial charge in [0, 0.05) is 30.6 Å². The lowest BCUT2D eigenvalue weighted by Crippen LogP contribution is -2.43. The van der Waals surface area contributed by atoms with Gasteiger partial charge in [-0.1, -0.05) is 23.8 Å². The molecule has 0 unspecified atom stereocenters. The predicted octanol–water partition coefficient (Wildman–Crippen LogP) is 3.86. The molecule has 3 aromatic rings. The van der Waals surface area contributed by atoms with E-state index in [1.54, 1.807) is 7.11 Å². The number of ether oxygens (including phenoxy) is 2. The highest BCUT2D eigenvalue weighted by atomic mass is 16.5. The number of aryl methyl sites for hydroxylation is 2. The number of carbonyl (C=O) groups is 1. The van der Waals surface area contributed by atoms with Crippen LogP contribution in [-0.2, 0) is 4.74 Å². The van der Waals surface area contributed by atoms with Crippen molar-refractivity contribution in [3.05, 3.63) is 64.9 Å². The minimum atomic E-state index is -0.187. The predicted molar refractivity (Wildman–Crippen MR) is 116 cm³/mol. The molecule has 1 amide bonds. The van der Waals surface area contributed by atoms with Gasteiger partial charge in [0.15, 0.2) is 5.76 Å². The molecule has 1 aromatic heterocycles. The molecule has 1 saturated heterocycles. The highest BCUT2D eigenvalue weighted by molar-refractivity contribution is 5.99. The van der Waals surface area contributed by atoms with Crippen molar-refractivity contribution in [2.45, 2.75) is 19.9 Å². The van der Waals surface area contributed by atoms with E-state index in [0.29, 0.717) is 25.5 Å². The van der Waals surface area contributed by atoms with Gasteiger partial charge in [-0.2, -0.15) is 0 Å². The standard InChI is InChI=1S/C24H28N2O4/c1-16-4-9-22-20(14-16)17(2)23(30-22)24(27)25-15-21(26-10-12-29-13-11-26)18-5-7-19(28-3)8-6-18/h4-9,14,21H,10-13,15H2,1-3H3,(H,25,27)/t21-/m0/s1. The van der Waals surface area contributed by atoms with Gasteiger partial charge in [-0.3, -0.25) is 9.69 Å². The lowest BCUT2D eigenvalue weighted by molar-refractivity contribution is 0.0161. The number of furan rings is 1. The molecule has 6 heteroatoms. The zero-order chi connectivity index (χ0) is 21.1. The van der Waals surface area contributed by atoms with E-state index in [9.17, 15) is 4.79 Å².